The van der Waals surface area contributed by atoms with E-state index in [2.05, 4.69) is 21.3 Å². The van der Waals surface area contributed by atoms with Gasteiger partial charge in [0.15, 0.2) is 0 Å². The Kier molecular flexibility index (Phi) is 8.32. The average molecular weight is 553 g/mol. The van der Waals surface area contributed by atoms with E-state index >= 15 is 0 Å². The third-order valence-corrected chi connectivity index (χ3v) is 7.04. The van der Waals surface area contributed by atoms with Gasteiger partial charge in [0, 0.05) is 21.4 Å². The van der Waals surface area contributed by atoms with Crippen LogP contribution in [0, 0.1) is 6.92 Å². The Labute approximate surface area is 247 Å². The Morgan fingerprint density at radius 1 is 0.868 bits per heavy atom. The third kappa shape index (κ3) is 5.81. The van der Waals surface area contributed by atoms with E-state index in [9.17, 15) is 13.0 Å². The fraction of sp³-hybridized carbons (Fsp3) is 0.0357. The fourth-order valence-corrected chi connectivity index (χ4v) is 5.05. The molecule has 5 aromatic rings. The summed E-state index contributed by atoms with van der Waals surface area (Å²) in [4.78, 5) is 4.30. The maximum atomic E-state index is 12.0. The average Bonchev–Trinajstić information content (AvgIpc) is 2.88. The summed E-state index contributed by atoms with van der Waals surface area (Å²) in [5.74, 6) is 0. The molecule has 1 heterocycles. The molecule has 0 spiro atoms. The normalized spacial score (nSPS) is 11.6. The molecule has 38 heavy (non-hydrogen) atoms. The molecule has 186 valence electrons. The molecular formula is C28H22ClN4NaO3S. The Morgan fingerprint density at radius 2 is 1.63 bits per heavy atom. The van der Waals surface area contributed by atoms with Crippen LogP contribution in [0.1, 0.15) is 5.56 Å². The van der Waals surface area contributed by atoms with E-state index in [1.807, 2.05) is 49.4 Å². The van der Waals surface area contributed by atoms with Gasteiger partial charge in [-0.25, -0.2) is 0 Å². The number of aromatic nitrogens is 1. The zero-order valence-corrected chi connectivity index (χ0v) is 21.2. The molecule has 0 radical (unpaired) electrons. The van der Waals surface area contributed by atoms with Gasteiger partial charge in [-0.2, -0.15) is 8.42 Å². The Hall–Kier alpha value is -3.11. The standard InChI is InChI=1S/C28H21ClN4O3S.Na.H/c1-17-9-11-21(18-5-4-6-19(29)14-18)24(13-17)25-12-10-20(16-31-25)32-33-26-15-27(37(34,35)36)22-7-2-3-8-23(22)28(26)30;;/h2-16H,30H2,1H3,(H,34,35,36);;/b33-32+;;. The second kappa shape index (κ2) is 11.3. The predicted molar refractivity (Wildman–Crippen MR) is 154 cm³/mol. The van der Waals surface area contributed by atoms with E-state index in [1.54, 1.807) is 36.5 Å². The number of halogens is 1. The number of hydrogen-bond donors (Lipinski definition) is 2. The second-order valence-corrected chi connectivity index (χ2v) is 10.3. The van der Waals surface area contributed by atoms with E-state index in [0.29, 0.717) is 21.5 Å². The summed E-state index contributed by atoms with van der Waals surface area (Å²) < 4.78 is 33.6. The van der Waals surface area contributed by atoms with Gasteiger partial charge in [0.2, 0.25) is 0 Å². The summed E-state index contributed by atoms with van der Waals surface area (Å²) in [5.41, 5.74) is 11.8. The molecule has 5 rings (SSSR count). The number of benzene rings is 4. The van der Waals surface area contributed by atoms with E-state index in [0.717, 1.165) is 27.9 Å². The van der Waals surface area contributed by atoms with Crippen LogP contribution in [0.4, 0.5) is 17.1 Å². The molecule has 0 saturated carbocycles. The van der Waals surface area contributed by atoms with Crippen molar-refractivity contribution >= 4 is 79.1 Å². The predicted octanol–water partition coefficient (Wildman–Crippen LogP) is 7.13. The number of hydrogen-bond acceptors (Lipinski definition) is 6. The molecule has 0 fully saturated rings. The van der Waals surface area contributed by atoms with Crippen LogP contribution in [0.15, 0.2) is 106 Å². The number of anilines is 1. The van der Waals surface area contributed by atoms with Crippen molar-refractivity contribution in [1.29, 1.82) is 0 Å². The van der Waals surface area contributed by atoms with E-state index in [4.69, 9.17) is 17.3 Å². The maximum absolute atomic E-state index is 12.0. The first-order valence-corrected chi connectivity index (χ1v) is 13.1. The number of nitrogens with zero attached hydrogens (tertiary/aromatic N) is 3. The molecular weight excluding hydrogens is 531 g/mol. The monoisotopic (exact) mass is 552 g/mol. The van der Waals surface area contributed by atoms with E-state index in [-0.39, 0.29) is 45.8 Å². The molecule has 0 atom stereocenters. The molecule has 10 heteroatoms. The number of pyridine rings is 1. The van der Waals surface area contributed by atoms with Crippen molar-refractivity contribution in [2.24, 2.45) is 10.2 Å². The van der Waals surface area contributed by atoms with Crippen molar-refractivity contribution in [2.45, 2.75) is 11.8 Å². The third-order valence-electron chi connectivity index (χ3n) is 5.91. The van der Waals surface area contributed by atoms with Crippen molar-refractivity contribution in [1.82, 2.24) is 4.98 Å². The number of nitrogen functional groups attached to an aromatic ring is 1. The summed E-state index contributed by atoms with van der Waals surface area (Å²) in [7, 11) is -4.50. The van der Waals surface area contributed by atoms with Crippen LogP contribution in [0.2, 0.25) is 5.02 Å². The minimum atomic E-state index is -4.50. The molecule has 1 aromatic heterocycles. The van der Waals surface area contributed by atoms with Crippen molar-refractivity contribution in [3.05, 3.63) is 102 Å². The summed E-state index contributed by atoms with van der Waals surface area (Å²) in [6.45, 7) is 2.02. The first-order chi connectivity index (χ1) is 17.7. The van der Waals surface area contributed by atoms with Crippen molar-refractivity contribution in [2.75, 3.05) is 5.73 Å². The van der Waals surface area contributed by atoms with Crippen LogP contribution < -0.4 is 5.73 Å². The van der Waals surface area contributed by atoms with Gasteiger partial charge in [0.1, 0.15) is 16.3 Å². The first-order valence-electron chi connectivity index (χ1n) is 11.2. The molecule has 0 amide bonds. The van der Waals surface area contributed by atoms with Crippen molar-refractivity contribution < 1.29 is 13.0 Å². The Balaban J connectivity index is 0.00000336. The summed E-state index contributed by atoms with van der Waals surface area (Å²) >= 11 is 6.21. The zero-order valence-electron chi connectivity index (χ0n) is 19.6. The van der Waals surface area contributed by atoms with Crippen LogP contribution in [-0.4, -0.2) is 47.5 Å². The summed E-state index contributed by atoms with van der Waals surface area (Å²) in [6, 6.07) is 25.2. The van der Waals surface area contributed by atoms with Gasteiger partial charge in [0.25, 0.3) is 10.1 Å². The quantitative estimate of drug-likeness (QED) is 0.104. The van der Waals surface area contributed by atoms with Crippen LogP contribution in [0.25, 0.3) is 33.2 Å². The first kappa shape index (κ1) is 27.9. The molecule has 0 saturated heterocycles. The fourth-order valence-electron chi connectivity index (χ4n) is 4.14. The van der Waals surface area contributed by atoms with Gasteiger partial charge in [-0.1, -0.05) is 65.7 Å². The Morgan fingerprint density at radius 3 is 2.32 bits per heavy atom. The molecule has 0 aliphatic carbocycles. The van der Waals surface area contributed by atoms with E-state index in [1.165, 1.54) is 6.07 Å². The molecule has 7 nitrogen and oxygen atoms in total. The van der Waals surface area contributed by atoms with Crippen LogP contribution >= 0.6 is 11.6 Å². The van der Waals surface area contributed by atoms with Crippen LogP contribution in [-0.2, 0) is 10.1 Å². The van der Waals surface area contributed by atoms with E-state index < -0.39 is 10.1 Å². The number of nitrogens with two attached hydrogens (primary N) is 1. The molecule has 0 aliphatic rings. The molecule has 0 unspecified atom stereocenters. The zero-order chi connectivity index (χ0) is 26.2. The van der Waals surface area contributed by atoms with Gasteiger partial charge in [-0.05, 0) is 54.4 Å². The van der Waals surface area contributed by atoms with Gasteiger partial charge < -0.3 is 5.73 Å². The Bertz CT molecular complexity index is 1790. The van der Waals surface area contributed by atoms with Crippen molar-refractivity contribution in [3.63, 3.8) is 0 Å². The molecule has 0 aliphatic heterocycles. The molecule has 3 N–H and O–H groups in total. The number of azo groups is 1. The number of fused-ring (bicyclic) bond motifs is 1. The number of aryl methyl sites for hydroxylation is 1. The molecule has 0 bridgehead atoms. The number of rotatable bonds is 5. The van der Waals surface area contributed by atoms with Crippen LogP contribution in [0.3, 0.4) is 0 Å². The van der Waals surface area contributed by atoms with Gasteiger partial charge >= 0.3 is 29.6 Å². The van der Waals surface area contributed by atoms with Gasteiger partial charge in [-0.15, -0.1) is 10.2 Å². The SMILES string of the molecule is Cc1ccc(-c2cccc(Cl)c2)c(-c2ccc(/N=N/c3cc(S(=O)(=O)O)c4ccccc4c3N)cn2)c1.[NaH]. The minimum absolute atomic E-state index is 0. The van der Waals surface area contributed by atoms with Gasteiger partial charge in [0.05, 0.1) is 17.6 Å². The molecule has 4 aromatic carbocycles. The summed E-state index contributed by atoms with van der Waals surface area (Å²) in [5, 5.41) is 9.77. The second-order valence-electron chi connectivity index (χ2n) is 8.49. The van der Waals surface area contributed by atoms with Crippen LogP contribution in [0.5, 0.6) is 0 Å². The topological polar surface area (TPSA) is 118 Å². The summed E-state index contributed by atoms with van der Waals surface area (Å²) in [6.07, 6.45) is 1.57. The van der Waals surface area contributed by atoms with Crippen molar-refractivity contribution in [3.8, 4) is 22.4 Å². The van der Waals surface area contributed by atoms with Gasteiger partial charge in [-0.3, -0.25) is 9.54 Å².